The number of benzene rings is 1. The summed E-state index contributed by atoms with van der Waals surface area (Å²) >= 11 is 0. The van der Waals surface area contributed by atoms with Crippen LogP contribution in [-0.4, -0.2) is 62.0 Å². The number of amides is 1. The highest BCUT2D eigenvalue weighted by Gasteiger charge is 2.38. The first-order valence-electron chi connectivity index (χ1n) is 9.95. The van der Waals surface area contributed by atoms with Crippen LogP contribution in [0.2, 0.25) is 0 Å². The Kier molecular flexibility index (Phi) is 5.73. The molecule has 2 aromatic rings. The Bertz CT molecular complexity index is 1020. The van der Waals surface area contributed by atoms with Crippen LogP contribution in [0.4, 0.5) is 14.7 Å². The topological polar surface area (TPSA) is 66.4 Å². The van der Waals surface area contributed by atoms with Crippen molar-refractivity contribution in [2.24, 2.45) is 5.92 Å². The van der Waals surface area contributed by atoms with Crippen LogP contribution in [0.3, 0.4) is 0 Å². The second kappa shape index (κ2) is 8.29. The van der Waals surface area contributed by atoms with Gasteiger partial charge in [-0.1, -0.05) is 12.1 Å². The number of anilines is 1. The van der Waals surface area contributed by atoms with Gasteiger partial charge in [0.05, 0.1) is 6.04 Å². The van der Waals surface area contributed by atoms with Crippen molar-refractivity contribution in [3.63, 3.8) is 0 Å². The predicted octanol–water partition coefficient (Wildman–Crippen LogP) is 2.27. The van der Waals surface area contributed by atoms with Crippen molar-refractivity contribution in [3.05, 3.63) is 53.9 Å². The van der Waals surface area contributed by atoms with Crippen molar-refractivity contribution in [1.82, 2.24) is 14.9 Å². The lowest BCUT2D eigenvalue weighted by Crippen LogP contribution is -2.53. The van der Waals surface area contributed by atoms with Gasteiger partial charge in [0.15, 0.2) is 11.6 Å². The Morgan fingerprint density at radius 3 is 2.50 bits per heavy atom. The first-order valence-corrected chi connectivity index (χ1v) is 12.0. The Labute approximate surface area is 174 Å². The fourth-order valence-electron chi connectivity index (χ4n) is 4.17. The second-order valence-corrected chi connectivity index (χ2v) is 10.6. The molecule has 3 heterocycles. The third-order valence-electron chi connectivity index (χ3n) is 5.86. The van der Waals surface area contributed by atoms with Crippen molar-refractivity contribution >= 4 is 27.2 Å². The molecule has 0 radical (unpaired) electrons. The van der Waals surface area contributed by atoms with Gasteiger partial charge in [-0.2, -0.15) is 0 Å². The van der Waals surface area contributed by atoms with Crippen LogP contribution in [-0.2, 0) is 14.3 Å². The lowest BCUT2D eigenvalue weighted by Gasteiger charge is -2.43. The van der Waals surface area contributed by atoms with Crippen LogP contribution in [0.1, 0.15) is 24.4 Å². The molecule has 2 saturated heterocycles. The summed E-state index contributed by atoms with van der Waals surface area (Å²) in [6.45, 7) is 1.09. The lowest BCUT2D eigenvalue weighted by molar-refractivity contribution is -0.139. The van der Waals surface area contributed by atoms with Crippen LogP contribution in [0.25, 0.3) is 0 Å². The monoisotopic (exact) mass is 434 g/mol. The largest absolute Gasteiger partial charge is 0.337 e. The molecule has 1 aromatic heterocycles. The van der Waals surface area contributed by atoms with Crippen LogP contribution >= 0.6 is 0 Å². The van der Waals surface area contributed by atoms with Gasteiger partial charge in [0.1, 0.15) is 0 Å². The number of piperazine rings is 1. The van der Waals surface area contributed by atoms with E-state index in [1.54, 1.807) is 23.4 Å². The molecule has 1 amide bonds. The molecule has 1 unspecified atom stereocenters. The van der Waals surface area contributed by atoms with Gasteiger partial charge in [-0.05, 0) is 40.4 Å². The molecule has 2 fully saturated rings. The van der Waals surface area contributed by atoms with E-state index in [-0.39, 0.29) is 23.9 Å². The van der Waals surface area contributed by atoms with E-state index in [0.717, 1.165) is 6.07 Å². The quantitative estimate of drug-likeness (QED) is 0.694. The van der Waals surface area contributed by atoms with Gasteiger partial charge in [-0.25, -0.2) is 18.7 Å². The number of carbonyl (C=O) groups is 1. The maximum Gasteiger partial charge on any atom is 0.226 e. The molecule has 30 heavy (non-hydrogen) atoms. The maximum atomic E-state index is 14.7. The van der Waals surface area contributed by atoms with Gasteiger partial charge in [0.25, 0.3) is 0 Å². The second-order valence-electron chi connectivity index (χ2n) is 7.83. The SMILES string of the molecule is C=S1(=O)CCC(C(=O)N2CCN(c3ncccn3)CC2c2cccc(F)c2F)CC1. The highest BCUT2D eigenvalue weighted by atomic mass is 32.2. The Hall–Kier alpha value is -2.55. The Balaban J connectivity index is 1.63. The number of hydrogen-bond acceptors (Lipinski definition) is 5. The lowest BCUT2D eigenvalue weighted by atomic mass is 9.96. The molecule has 6 nitrogen and oxygen atoms in total. The predicted molar refractivity (Wildman–Crippen MR) is 113 cm³/mol. The summed E-state index contributed by atoms with van der Waals surface area (Å²) in [6, 6.07) is 5.07. The average molecular weight is 435 g/mol. The Morgan fingerprint density at radius 2 is 1.80 bits per heavy atom. The minimum atomic E-state index is -2.11. The number of nitrogens with zero attached hydrogens (tertiary/aromatic N) is 4. The van der Waals surface area contributed by atoms with Crippen LogP contribution in [0.15, 0.2) is 36.7 Å². The molecule has 0 saturated carbocycles. The first-order chi connectivity index (χ1) is 14.4. The van der Waals surface area contributed by atoms with E-state index in [9.17, 15) is 17.8 Å². The zero-order valence-corrected chi connectivity index (χ0v) is 17.4. The van der Waals surface area contributed by atoms with Crippen LogP contribution in [0.5, 0.6) is 0 Å². The minimum absolute atomic E-state index is 0.104. The fraction of sp³-hybridized carbons (Fsp3) is 0.429. The van der Waals surface area contributed by atoms with E-state index in [0.29, 0.717) is 43.4 Å². The molecular formula is C21H24F2N4O2S. The summed E-state index contributed by atoms with van der Waals surface area (Å²) in [7, 11) is -2.11. The highest BCUT2D eigenvalue weighted by Crippen LogP contribution is 2.33. The third kappa shape index (κ3) is 4.16. The molecule has 0 bridgehead atoms. The summed E-state index contributed by atoms with van der Waals surface area (Å²) in [5, 5.41) is 0. The van der Waals surface area contributed by atoms with Gasteiger partial charge in [-0.3, -0.25) is 9.00 Å². The summed E-state index contributed by atoms with van der Waals surface area (Å²) in [5.74, 6) is 2.81. The highest BCUT2D eigenvalue weighted by molar-refractivity contribution is 8.00. The molecule has 0 N–H and O–H groups in total. The molecule has 0 spiro atoms. The van der Waals surface area contributed by atoms with E-state index >= 15 is 0 Å². The molecule has 1 aromatic carbocycles. The van der Waals surface area contributed by atoms with Crippen LogP contribution < -0.4 is 4.90 Å². The molecule has 2 aliphatic rings. The maximum absolute atomic E-state index is 14.7. The van der Waals surface area contributed by atoms with Gasteiger partial charge in [0.2, 0.25) is 11.9 Å². The van der Waals surface area contributed by atoms with E-state index in [2.05, 4.69) is 15.8 Å². The molecule has 160 valence electrons. The molecule has 1 atom stereocenters. The van der Waals surface area contributed by atoms with E-state index in [1.807, 2.05) is 4.90 Å². The third-order valence-corrected chi connectivity index (χ3v) is 7.82. The summed E-state index contributed by atoms with van der Waals surface area (Å²) in [4.78, 5) is 25.4. The molecule has 4 rings (SSSR count). The fourth-order valence-corrected chi connectivity index (χ4v) is 5.80. The first kappa shape index (κ1) is 20.7. The van der Waals surface area contributed by atoms with Gasteiger partial charge in [-0.15, -0.1) is 0 Å². The van der Waals surface area contributed by atoms with E-state index in [4.69, 9.17) is 0 Å². The van der Waals surface area contributed by atoms with E-state index < -0.39 is 27.2 Å². The molecule has 0 aliphatic carbocycles. The van der Waals surface area contributed by atoms with Crippen LogP contribution in [0, 0.1) is 17.6 Å². The number of rotatable bonds is 3. The van der Waals surface area contributed by atoms with Crippen molar-refractivity contribution in [2.45, 2.75) is 18.9 Å². The number of hydrogen-bond donors (Lipinski definition) is 0. The van der Waals surface area contributed by atoms with Crippen molar-refractivity contribution in [1.29, 1.82) is 0 Å². The smallest absolute Gasteiger partial charge is 0.226 e. The number of carbonyl (C=O) groups excluding carboxylic acids is 1. The standard InChI is InChI=1S/C21H24F2N4O2S/c1-30(29)12-6-15(7-13-30)20(28)27-11-10-26(21-24-8-3-9-25-21)14-18(27)16-4-2-5-17(22)19(16)23/h2-5,8-9,15,18H,1,6-7,10-14H2. The van der Waals surface area contributed by atoms with Gasteiger partial charge < -0.3 is 9.80 Å². The normalized spacial score (nSPS) is 27.1. The van der Waals surface area contributed by atoms with Crippen molar-refractivity contribution in [2.75, 3.05) is 36.0 Å². The summed E-state index contributed by atoms with van der Waals surface area (Å²) in [6.07, 6.45) is 4.25. The average Bonchev–Trinajstić information content (AvgIpc) is 2.75. The van der Waals surface area contributed by atoms with E-state index in [1.165, 1.54) is 12.1 Å². The zero-order valence-electron chi connectivity index (χ0n) is 16.5. The zero-order chi connectivity index (χ0) is 21.3. The summed E-state index contributed by atoms with van der Waals surface area (Å²) < 4.78 is 40.8. The molecule has 9 heteroatoms. The number of halogens is 2. The minimum Gasteiger partial charge on any atom is -0.337 e. The van der Waals surface area contributed by atoms with Crippen molar-refractivity contribution in [3.8, 4) is 0 Å². The van der Waals surface area contributed by atoms with Gasteiger partial charge in [0, 0.05) is 55.0 Å². The molecule has 2 aliphatic heterocycles. The van der Waals surface area contributed by atoms with Crippen molar-refractivity contribution < 1.29 is 17.8 Å². The van der Waals surface area contributed by atoms with Gasteiger partial charge >= 0.3 is 0 Å². The Morgan fingerprint density at radius 1 is 1.10 bits per heavy atom. The summed E-state index contributed by atoms with van der Waals surface area (Å²) in [5.41, 5.74) is 0.140. The number of aromatic nitrogens is 2. The molecular weight excluding hydrogens is 410 g/mol.